The van der Waals surface area contributed by atoms with Gasteiger partial charge in [-0.3, -0.25) is 0 Å². The summed E-state index contributed by atoms with van der Waals surface area (Å²) in [6.45, 7) is 7.78. The molecule has 1 aliphatic heterocycles. The highest BCUT2D eigenvalue weighted by Gasteiger charge is 2.21. The zero-order chi connectivity index (χ0) is 13.3. The second kappa shape index (κ2) is 5.19. The Morgan fingerprint density at radius 3 is 2.61 bits per heavy atom. The predicted octanol–water partition coefficient (Wildman–Crippen LogP) is 2.27. The second-order valence-corrected chi connectivity index (χ2v) is 5.79. The van der Waals surface area contributed by atoms with Gasteiger partial charge in [0.15, 0.2) is 0 Å². The van der Waals surface area contributed by atoms with Crippen molar-refractivity contribution in [2.45, 2.75) is 20.3 Å². The van der Waals surface area contributed by atoms with E-state index in [0.29, 0.717) is 0 Å². The molecule has 1 heterocycles. The summed E-state index contributed by atoms with van der Waals surface area (Å²) in [6, 6.07) is 4.30. The summed E-state index contributed by atoms with van der Waals surface area (Å²) in [6.07, 6.45) is 1.30. The summed E-state index contributed by atoms with van der Waals surface area (Å²) < 4.78 is 0. The van der Waals surface area contributed by atoms with E-state index in [4.69, 9.17) is 5.73 Å². The highest BCUT2D eigenvalue weighted by atomic mass is 15.2. The zero-order valence-corrected chi connectivity index (χ0v) is 12.0. The molecule has 1 unspecified atom stereocenters. The number of hydrogen-bond acceptors (Lipinski definition) is 3. The number of aryl methyl sites for hydroxylation is 2. The van der Waals surface area contributed by atoms with Crippen LogP contribution in [0.15, 0.2) is 12.1 Å². The van der Waals surface area contributed by atoms with Crippen LogP contribution in [-0.2, 0) is 0 Å². The number of nitrogen functional groups attached to an aromatic ring is 1. The molecule has 0 radical (unpaired) electrons. The molecule has 1 atom stereocenters. The van der Waals surface area contributed by atoms with E-state index in [1.165, 1.54) is 36.3 Å². The van der Waals surface area contributed by atoms with Crippen molar-refractivity contribution in [3.63, 3.8) is 0 Å². The molecule has 0 saturated carbocycles. The SMILES string of the molecule is Cc1cc(N)c(N(C)CC2CCN(C)C2)cc1C. The van der Waals surface area contributed by atoms with Crippen molar-refractivity contribution in [2.75, 3.05) is 44.4 Å². The van der Waals surface area contributed by atoms with Gasteiger partial charge in [-0.15, -0.1) is 0 Å². The van der Waals surface area contributed by atoms with Gasteiger partial charge in [-0.25, -0.2) is 0 Å². The Hall–Kier alpha value is -1.22. The molecule has 2 rings (SSSR count). The van der Waals surface area contributed by atoms with Crippen molar-refractivity contribution < 1.29 is 0 Å². The minimum atomic E-state index is 0.765. The Balaban J connectivity index is 2.09. The molecule has 1 fully saturated rings. The van der Waals surface area contributed by atoms with E-state index in [1.807, 2.05) is 0 Å². The van der Waals surface area contributed by atoms with Gasteiger partial charge in [-0.05, 0) is 63.0 Å². The average Bonchev–Trinajstić information content (AvgIpc) is 2.69. The minimum absolute atomic E-state index is 0.765. The molecule has 0 amide bonds. The van der Waals surface area contributed by atoms with Crippen LogP contribution in [0.5, 0.6) is 0 Å². The summed E-state index contributed by atoms with van der Waals surface area (Å²) >= 11 is 0. The highest BCUT2D eigenvalue weighted by molar-refractivity contribution is 5.69. The number of nitrogens with two attached hydrogens (primary N) is 1. The fourth-order valence-corrected chi connectivity index (χ4v) is 2.81. The lowest BCUT2D eigenvalue weighted by molar-refractivity contribution is 0.396. The smallest absolute Gasteiger partial charge is 0.0600 e. The maximum Gasteiger partial charge on any atom is 0.0600 e. The lowest BCUT2D eigenvalue weighted by atomic mass is 10.1. The van der Waals surface area contributed by atoms with Gasteiger partial charge >= 0.3 is 0 Å². The molecule has 0 bridgehead atoms. The molecule has 18 heavy (non-hydrogen) atoms. The van der Waals surface area contributed by atoms with Crippen LogP contribution in [-0.4, -0.2) is 38.6 Å². The summed E-state index contributed by atoms with van der Waals surface area (Å²) in [5, 5.41) is 0. The Kier molecular flexibility index (Phi) is 3.81. The fraction of sp³-hybridized carbons (Fsp3) is 0.600. The van der Waals surface area contributed by atoms with Crippen molar-refractivity contribution in [1.29, 1.82) is 0 Å². The van der Waals surface area contributed by atoms with Crippen LogP contribution >= 0.6 is 0 Å². The second-order valence-electron chi connectivity index (χ2n) is 5.79. The van der Waals surface area contributed by atoms with Crippen LogP contribution in [0.3, 0.4) is 0 Å². The van der Waals surface area contributed by atoms with Gasteiger partial charge < -0.3 is 15.5 Å². The van der Waals surface area contributed by atoms with E-state index in [0.717, 1.165) is 18.2 Å². The van der Waals surface area contributed by atoms with E-state index < -0.39 is 0 Å². The Labute approximate surface area is 111 Å². The molecule has 1 aliphatic rings. The maximum absolute atomic E-state index is 6.14. The van der Waals surface area contributed by atoms with E-state index in [2.05, 4.69) is 49.9 Å². The monoisotopic (exact) mass is 247 g/mol. The van der Waals surface area contributed by atoms with E-state index in [9.17, 15) is 0 Å². The molecule has 3 nitrogen and oxygen atoms in total. The number of likely N-dealkylation sites (tertiary alicyclic amines) is 1. The first-order chi connectivity index (χ1) is 8.47. The quantitative estimate of drug-likeness (QED) is 0.832. The van der Waals surface area contributed by atoms with Gasteiger partial charge in [-0.2, -0.15) is 0 Å². The molecule has 0 aliphatic carbocycles. The minimum Gasteiger partial charge on any atom is -0.397 e. The number of anilines is 2. The molecule has 1 aromatic rings. The number of hydrogen-bond donors (Lipinski definition) is 1. The van der Waals surface area contributed by atoms with Crippen molar-refractivity contribution in [1.82, 2.24) is 4.90 Å². The molecule has 2 N–H and O–H groups in total. The van der Waals surface area contributed by atoms with Gasteiger partial charge in [0.2, 0.25) is 0 Å². The molecular weight excluding hydrogens is 222 g/mol. The average molecular weight is 247 g/mol. The fourth-order valence-electron chi connectivity index (χ4n) is 2.81. The highest BCUT2D eigenvalue weighted by Crippen LogP contribution is 2.27. The van der Waals surface area contributed by atoms with Gasteiger partial charge in [0, 0.05) is 20.1 Å². The third-order valence-corrected chi connectivity index (χ3v) is 4.08. The zero-order valence-electron chi connectivity index (χ0n) is 12.0. The van der Waals surface area contributed by atoms with E-state index in [-0.39, 0.29) is 0 Å². The Morgan fingerprint density at radius 2 is 2.00 bits per heavy atom. The third-order valence-electron chi connectivity index (χ3n) is 4.08. The number of benzene rings is 1. The largest absolute Gasteiger partial charge is 0.397 e. The van der Waals surface area contributed by atoms with Gasteiger partial charge in [0.1, 0.15) is 0 Å². The van der Waals surface area contributed by atoms with Crippen LogP contribution in [0.1, 0.15) is 17.5 Å². The molecule has 1 saturated heterocycles. The summed E-state index contributed by atoms with van der Waals surface area (Å²) in [5.41, 5.74) is 10.8. The predicted molar refractivity (Wildman–Crippen MR) is 79.2 cm³/mol. The standard InChI is InChI=1S/C15H25N3/c1-11-7-14(16)15(8-12(11)2)18(4)10-13-5-6-17(3)9-13/h7-8,13H,5-6,9-10,16H2,1-4H3. The third kappa shape index (κ3) is 2.78. The van der Waals surface area contributed by atoms with Crippen molar-refractivity contribution in [2.24, 2.45) is 5.92 Å². The Morgan fingerprint density at radius 1 is 1.33 bits per heavy atom. The van der Waals surface area contributed by atoms with Crippen molar-refractivity contribution in [3.8, 4) is 0 Å². The summed E-state index contributed by atoms with van der Waals surface area (Å²) in [4.78, 5) is 4.72. The van der Waals surface area contributed by atoms with Crippen LogP contribution in [0.4, 0.5) is 11.4 Å². The first-order valence-electron chi connectivity index (χ1n) is 6.73. The summed E-state index contributed by atoms with van der Waals surface area (Å²) in [5.74, 6) is 0.765. The molecule has 0 aromatic heterocycles. The van der Waals surface area contributed by atoms with Crippen molar-refractivity contribution in [3.05, 3.63) is 23.3 Å². The molecule has 1 aromatic carbocycles. The van der Waals surface area contributed by atoms with E-state index >= 15 is 0 Å². The molecule has 0 spiro atoms. The molecule has 3 heteroatoms. The number of nitrogens with zero attached hydrogens (tertiary/aromatic N) is 2. The number of rotatable bonds is 3. The topological polar surface area (TPSA) is 32.5 Å². The first kappa shape index (κ1) is 13.2. The summed E-state index contributed by atoms with van der Waals surface area (Å²) in [7, 11) is 4.35. The molecule has 100 valence electrons. The Bertz CT molecular complexity index is 428. The van der Waals surface area contributed by atoms with Gasteiger partial charge in [-0.1, -0.05) is 0 Å². The van der Waals surface area contributed by atoms with Crippen LogP contribution < -0.4 is 10.6 Å². The van der Waals surface area contributed by atoms with Gasteiger partial charge in [0.25, 0.3) is 0 Å². The normalized spacial score (nSPS) is 20.3. The van der Waals surface area contributed by atoms with Crippen molar-refractivity contribution >= 4 is 11.4 Å². The van der Waals surface area contributed by atoms with E-state index in [1.54, 1.807) is 0 Å². The first-order valence-corrected chi connectivity index (χ1v) is 6.73. The van der Waals surface area contributed by atoms with Gasteiger partial charge in [0.05, 0.1) is 11.4 Å². The van der Waals surface area contributed by atoms with Crippen LogP contribution in [0.2, 0.25) is 0 Å². The molecular formula is C15H25N3. The van der Waals surface area contributed by atoms with Crippen LogP contribution in [0.25, 0.3) is 0 Å². The lowest BCUT2D eigenvalue weighted by Crippen LogP contribution is -2.27. The lowest BCUT2D eigenvalue weighted by Gasteiger charge is -2.25. The van der Waals surface area contributed by atoms with Crippen LogP contribution in [0, 0.1) is 19.8 Å². The maximum atomic E-state index is 6.14.